The number of amides is 1. The molecule has 1 aromatic heterocycles. The number of carbonyl (C=O) groups excluding carboxylic acids is 1. The predicted octanol–water partition coefficient (Wildman–Crippen LogP) is 2.16. The maximum absolute atomic E-state index is 12.7. The Morgan fingerprint density at radius 1 is 1.44 bits per heavy atom. The van der Waals surface area contributed by atoms with Gasteiger partial charge in [0.25, 0.3) is 5.91 Å². The van der Waals surface area contributed by atoms with Crippen LogP contribution in [-0.2, 0) is 11.3 Å². The number of aromatic nitrogens is 1. The highest BCUT2D eigenvalue weighted by Crippen LogP contribution is 2.17. The molecule has 0 saturated heterocycles. The zero-order valence-corrected chi connectivity index (χ0v) is 10.5. The molecule has 1 aromatic carbocycles. The standard InChI is InChI=1S/C12H11FN2O2S/c1-17-15-12(16)10-7-14-11(18-10)6-8-2-4-9(13)5-3-8/h2-5,7H,6H2,1H3,(H,15,16). The highest BCUT2D eigenvalue weighted by molar-refractivity contribution is 7.13. The zero-order valence-electron chi connectivity index (χ0n) is 9.64. The van der Waals surface area contributed by atoms with Crippen LogP contribution in [0.2, 0.25) is 0 Å². The molecular weight excluding hydrogens is 255 g/mol. The van der Waals surface area contributed by atoms with Crippen LogP contribution >= 0.6 is 11.3 Å². The van der Waals surface area contributed by atoms with E-state index >= 15 is 0 Å². The number of hydroxylamine groups is 1. The Bertz CT molecular complexity index is 539. The second-order valence-electron chi connectivity index (χ2n) is 3.56. The molecule has 0 bridgehead atoms. The summed E-state index contributed by atoms with van der Waals surface area (Å²) in [6.07, 6.45) is 2.07. The summed E-state index contributed by atoms with van der Waals surface area (Å²) in [6.45, 7) is 0. The van der Waals surface area contributed by atoms with Crippen LogP contribution in [0.1, 0.15) is 20.2 Å². The Kier molecular flexibility index (Phi) is 4.01. The third-order valence-electron chi connectivity index (χ3n) is 2.24. The summed E-state index contributed by atoms with van der Waals surface area (Å²) >= 11 is 1.28. The molecule has 0 radical (unpaired) electrons. The third-order valence-corrected chi connectivity index (χ3v) is 3.24. The quantitative estimate of drug-likeness (QED) is 0.863. The second kappa shape index (κ2) is 5.70. The van der Waals surface area contributed by atoms with Crippen molar-refractivity contribution >= 4 is 17.2 Å². The molecule has 1 heterocycles. The summed E-state index contributed by atoms with van der Waals surface area (Å²) < 4.78 is 12.7. The van der Waals surface area contributed by atoms with Crippen molar-refractivity contribution in [3.05, 3.63) is 51.7 Å². The van der Waals surface area contributed by atoms with Crippen LogP contribution in [0, 0.1) is 5.82 Å². The highest BCUT2D eigenvalue weighted by atomic mass is 32.1. The molecule has 4 nitrogen and oxygen atoms in total. The first-order valence-electron chi connectivity index (χ1n) is 5.21. The zero-order chi connectivity index (χ0) is 13.0. The van der Waals surface area contributed by atoms with Gasteiger partial charge in [0, 0.05) is 6.42 Å². The molecule has 2 aromatic rings. The number of hydrogen-bond donors (Lipinski definition) is 1. The number of benzene rings is 1. The van der Waals surface area contributed by atoms with Gasteiger partial charge in [-0.15, -0.1) is 11.3 Å². The average molecular weight is 266 g/mol. The summed E-state index contributed by atoms with van der Waals surface area (Å²) in [5, 5.41) is 0.794. The first-order valence-corrected chi connectivity index (χ1v) is 6.03. The fourth-order valence-corrected chi connectivity index (χ4v) is 2.25. The molecule has 0 aliphatic rings. The fraction of sp³-hybridized carbons (Fsp3) is 0.167. The molecule has 18 heavy (non-hydrogen) atoms. The van der Waals surface area contributed by atoms with Gasteiger partial charge in [0.15, 0.2) is 0 Å². The van der Waals surface area contributed by atoms with E-state index in [1.165, 1.54) is 36.8 Å². The van der Waals surface area contributed by atoms with E-state index in [1.807, 2.05) is 0 Å². The SMILES string of the molecule is CONC(=O)c1cnc(Cc2ccc(F)cc2)s1. The normalized spacial score (nSPS) is 10.3. The Morgan fingerprint density at radius 2 is 2.17 bits per heavy atom. The van der Waals surface area contributed by atoms with Crippen molar-refractivity contribution in [1.82, 2.24) is 10.5 Å². The first kappa shape index (κ1) is 12.7. The van der Waals surface area contributed by atoms with Crippen LogP contribution in [0.15, 0.2) is 30.5 Å². The van der Waals surface area contributed by atoms with Crippen molar-refractivity contribution in [3.63, 3.8) is 0 Å². The Labute approximate surface area is 107 Å². The number of rotatable bonds is 4. The van der Waals surface area contributed by atoms with Gasteiger partial charge in [0.2, 0.25) is 0 Å². The first-order chi connectivity index (χ1) is 8.69. The molecule has 0 aliphatic carbocycles. The lowest BCUT2D eigenvalue weighted by atomic mass is 10.2. The molecule has 94 valence electrons. The van der Waals surface area contributed by atoms with E-state index in [1.54, 1.807) is 12.1 Å². The van der Waals surface area contributed by atoms with Crippen LogP contribution < -0.4 is 5.48 Å². The molecule has 0 atom stereocenters. The van der Waals surface area contributed by atoms with E-state index in [-0.39, 0.29) is 11.7 Å². The van der Waals surface area contributed by atoms with Crippen LogP contribution in [0.3, 0.4) is 0 Å². The van der Waals surface area contributed by atoms with Gasteiger partial charge in [-0.05, 0) is 17.7 Å². The predicted molar refractivity (Wildman–Crippen MR) is 65.8 cm³/mol. The second-order valence-corrected chi connectivity index (χ2v) is 4.67. The lowest BCUT2D eigenvalue weighted by Gasteiger charge is -1.98. The van der Waals surface area contributed by atoms with E-state index in [2.05, 4.69) is 15.3 Å². The van der Waals surface area contributed by atoms with Crippen molar-refractivity contribution in [2.45, 2.75) is 6.42 Å². The van der Waals surface area contributed by atoms with Gasteiger partial charge in [-0.1, -0.05) is 12.1 Å². The van der Waals surface area contributed by atoms with Crippen LogP contribution in [-0.4, -0.2) is 18.0 Å². The van der Waals surface area contributed by atoms with E-state index < -0.39 is 0 Å². The summed E-state index contributed by atoms with van der Waals surface area (Å²) in [7, 11) is 1.37. The average Bonchev–Trinajstić information content (AvgIpc) is 2.81. The lowest BCUT2D eigenvalue weighted by Crippen LogP contribution is -2.20. The minimum Gasteiger partial charge on any atom is -0.277 e. The lowest BCUT2D eigenvalue weighted by molar-refractivity contribution is 0.0542. The van der Waals surface area contributed by atoms with Crippen LogP contribution in [0.5, 0.6) is 0 Å². The van der Waals surface area contributed by atoms with Gasteiger partial charge in [-0.25, -0.2) is 14.9 Å². The Hall–Kier alpha value is -1.79. The number of thiazole rings is 1. The molecule has 0 fully saturated rings. The molecule has 0 spiro atoms. The van der Waals surface area contributed by atoms with E-state index in [4.69, 9.17) is 0 Å². The maximum Gasteiger partial charge on any atom is 0.286 e. The number of nitrogens with one attached hydrogen (secondary N) is 1. The summed E-state index contributed by atoms with van der Waals surface area (Å²) in [5.41, 5.74) is 3.18. The molecular formula is C12H11FN2O2S. The molecule has 1 amide bonds. The minimum atomic E-state index is -0.319. The monoisotopic (exact) mass is 266 g/mol. The number of nitrogens with zero attached hydrogens (tertiary/aromatic N) is 1. The molecule has 0 aliphatic heterocycles. The third kappa shape index (κ3) is 3.12. The van der Waals surface area contributed by atoms with Crippen LogP contribution in [0.25, 0.3) is 0 Å². The van der Waals surface area contributed by atoms with Gasteiger partial charge in [-0.3, -0.25) is 9.63 Å². The van der Waals surface area contributed by atoms with Crippen molar-refractivity contribution in [1.29, 1.82) is 0 Å². The smallest absolute Gasteiger partial charge is 0.277 e. The van der Waals surface area contributed by atoms with Crippen molar-refractivity contribution in [2.24, 2.45) is 0 Å². The van der Waals surface area contributed by atoms with Crippen molar-refractivity contribution in [3.8, 4) is 0 Å². The van der Waals surface area contributed by atoms with Gasteiger partial charge in [0.05, 0.1) is 18.3 Å². The Balaban J connectivity index is 2.06. The topological polar surface area (TPSA) is 51.2 Å². The molecule has 1 N–H and O–H groups in total. The van der Waals surface area contributed by atoms with Crippen molar-refractivity contribution in [2.75, 3.05) is 7.11 Å². The molecule has 6 heteroatoms. The number of hydrogen-bond acceptors (Lipinski definition) is 4. The van der Waals surface area contributed by atoms with Gasteiger partial charge < -0.3 is 0 Å². The van der Waals surface area contributed by atoms with E-state index in [0.29, 0.717) is 11.3 Å². The minimum absolute atomic E-state index is 0.266. The summed E-state index contributed by atoms with van der Waals surface area (Å²) in [4.78, 5) is 20.6. The highest BCUT2D eigenvalue weighted by Gasteiger charge is 2.10. The molecule has 0 saturated carbocycles. The van der Waals surface area contributed by atoms with Gasteiger partial charge >= 0.3 is 0 Å². The Morgan fingerprint density at radius 3 is 2.83 bits per heavy atom. The van der Waals surface area contributed by atoms with E-state index in [0.717, 1.165) is 10.6 Å². The molecule has 0 unspecified atom stereocenters. The maximum atomic E-state index is 12.7. The number of halogens is 1. The van der Waals surface area contributed by atoms with Crippen molar-refractivity contribution < 1.29 is 14.0 Å². The fourth-order valence-electron chi connectivity index (χ4n) is 1.42. The van der Waals surface area contributed by atoms with Gasteiger partial charge in [0.1, 0.15) is 10.7 Å². The number of carbonyl (C=O) groups is 1. The van der Waals surface area contributed by atoms with Crippen LogP contribution in [0.4, 0.5) is 4.39 Å². The summed E-state index contributed by atoms with van der Waals surface area (Å²) in [6, 6.07) is 6.21. The molecule has 2 rings (SSSR count). The largest absolute Gasteiger partial charge is 0.286 e. The summed E-state index contributed by atoms with van der Waals surface area (Å²) in [5.74, 6) is -0.585. The van der Waals surface area contributed by atoms with Gasteiger partial charge in [-0.2, -0.15) is 0 Å². The van der Waals surface area contributed by atoms with E-state index in [9.17, 15) is 9.18 Å².